The monoisotopic (exact) mass is 279 g/mol. The van der Waals surface area contributed by atoms with Crippen molar-refractivity contribution in [2.45, 2.75) is 20.4 Å². The number of carbonyl (C=O) groups is 1. The maximum Gasteiger partial charge on any atom is 0.321 e. The fourth-order valence-electron chi connectivity index (χ4n) is 1.48. The van der Waals surface area contributed by atoms with Crippen molar-refractivity contribution < 1.29 is 9.18 Å². The van der Waals surface area contributed by atoms with Gasteiger partial charge in [0.05, 0.1) is 5.69 Å². The third-order valence-corrected chi connectivity index (χ3v) is 3.40. The number of hydrogen-bond acceptors (Lipinski definition) is 3. The fraction of sp³-hybridized carbons (Fsp3) is 0.231. The molecule has 0 aliphatic heterocycles. The molecular formula is C13H14FN3OS. The summed E-state index contributed by atoms with van der Waals surface area (Å²) in [5.74, 6) is -0.268. The molecular weight excluding hydrogens is 265 g/mol. The molecule has 0 atom stereocenters. The Morgan fingerprint density at radius 2 is 2.21 bits per heavy atom. The van der Waals surface area contributed by atoms with E-state index in [0.29, 0.717) is 16.3 Å². The Hall–Kier alpha value is -1.95. The van der Waals surface area contributed by atoms with E-state index in [4.69, 9.17) is 0 Å². The molecule has 2 aromatic rings. The molecule has 4 nitrogen and oxygen atoms in total. The van der Waals surface area contributed by atoms with Crippen LogP contribution in [0, 0.1) is 19.7 Å². The molecule has 0 spiro atoms. The van der Waals surface area contributed by atoms with Gasteiger partial charge in [0.25, 0.3) is 0 Å². The van der Waals surface area contributed by atoms with Crippen LogP contribution in [0.5, 0.6) is 0 Å². The third kappa shape index (κ3) is 3.75. The lowest BCUT2D eigenvalue weighted by Crippen LogP contribution is -2.28. The second-order valence-corrected chi connectivity index (χ2v) is 5.04. The number of aryl methyl sites for hydroxylation is 2. The Kier molecular flexibility index (Phi) is 4.11. The van der Waals surface area contributed by atoms with E-state index in [1.165, 1.54) is 17.4 Å². The lowest BCUT2D eigenvalue weighted by Gasteiger charge is -2.06. The normalized spacial score (nSPS) is 10.3. The van der Waals surface area contributed by atoms with Crippen molar-refractivity contribution in [1.82, 2.24) is 10.3 Å². The van der Waals surface area contributed by atoms with Gasteiger partial charge in [-0.25, -0.2) is 14.2 Å². The maximum absolute atomic E-state index is 13.3. The number of halogens is 1. The minimum absolute atomic E-state index is 0.268. The number of nitrogens with one attached hydrogen (secondary N) is 2. The standard InChI is InChI=1S/C13H14FN3OS/c1-8-3-4-10(5-11(8)14)6-15-12(18)17-13-16-9(2)7-19-13/h3-5,7H,6H2,1-2H3,(H2,15,16,17,18). The molecule has 1 aromatic carbocycles. The number of benzene rings is 1. The zero-order chi connectivity index (χ0) is 13.8. The first-order valence-electron chi connectivity index (χ1n) is 5.76. The van der Waals surface area contributed by atoms with Gasteiger partial charge < -0.3 is 5.32 Å². The summed E-state index contributed by atoms with van der Waals surface area (Å²) in [6.07, 6.45) is 0. The number of amides is 2. The fourth-order valence-corrected chi connectivity index (χ4v) is 2.16. The molecule has 0 radical (unpaired) electrons. The minimum Gasteiger partial charge on any atom is -0.334 e. The van der Waals surface area contributed by atoms with Crippen molar-refractivity contribution in [2.75, 3.05) is 5.32 Å². The van der Waals surface area contributed by atoms with Gasteiger partial charge >= 0.3 is 6.03 Å². The molecule has 100 valence electrons. The number of hydrogen-bond donors (Lipinski definition) is 2. The summed E-state index contributed by atoms with van der Waals surface area (Å²) in [5.41, 5.74) is 2.17. The third-order valence-electron chi connectivity index (χ3n) is 2.53. The van der Waals surface area contributed by atoms with Gasteiger partial charge in [-0.2, -0.15) is 0 Å². The van der Waals surface area contributed by atoms with Gasteiger partial charge in [-0.1, -0.05) is 12.1 Å². The number of rotatable bonds is 3. The molecule has 2 amide bonds. The van der Waals surface area contributed by atoms with Crippen LogP contribution in [0.2, 0.25) is 0 Å². The average Bonchev–Trinajstić information content (AvgIpc) is 2.76. The van der Waals surface area contributed by atoms with Gasteiger partial charge in [0.1, 0.15) is 5.82 Å². The summed E-state index contributed by atoms with van der Waals surface area (Å²) in [6.45, 7) is 3.83. The second kappa shape index (κ2) is 5.79. The Bertz CT molecular complexity index is 597. The van der Waals surface area contributed by atoms with Crippen LogP contribution in [0.1, 0.15) is 16.8 Å². The van der Waals surface area contributed by atoms with E-state index < -0.39 is 0 Å². The highest BCUT2D eigenvalue weighted by Gasteiger charge is 2.05. The molecule has 0 unspecified atom stereocenters. The van der Waals surface area contributed by atoms with E-state index in [9.17, 15) is 9.18 Å². The molecule has 1 heterocycles. The predicted molar refractivity (Wildman–Crippen MR) is 73.8 cm³/mol. The van der Waals surface area contributed by atoms with Crippen LogP contribution in [0.4, 0.5) is 14.3 Å². The SMILES string of the molecule is Cc1csc(NC(=O)NCc2ccc(C)c(F)c2)n1. The number of urea groups is 1. The summed E-state index contributed by atoms with van der Waals surface area (Å²) in [6, 6.07) is 4.54. The van der Waals surface area contributed by atoms with Crippen LogP contribution in [-0.2, 0) is 6.54 Å². The van der Waals surface area contributed by atoms with E-state index in [2.05, 4.69) is 15.6 Å². The number of thiazole rings is 1. The van der Waals surface area contributed by atoms with Crippen LogP contribution < -0.4 is 10.6 Å². The smallest absolute Gasteiger partial charge is 0.321 e. The van der Waals surface area contributed by atoms with Crippen molar-refractivity contribution in [1.29, 1.82) is 0 Å². The molecule has 0 bridgehead atoms. The second-order valence-electron chi connectivity index (χ2n) is 4.19. The Labute approximate surface area is 114 Å². The number of carbonyl (C=O) groups excluding carboxylic acids is 1. The van der Waals surface area contributed by atoms with Gasteiger partial charge in [0.2, 0.25) is 0 Å². The molecule has 1 aromatic heterocycles. The largest absolute Gasteiger partial charge is 0.334 e. The first-order valence-corrected chi connectivity index (χ1v) is 6.64. The Morgan fingerprint density at radius 3 is 2.84 bits per heavy atom. The highest BCUT2D eigenvalue weighted by Crippen LogP contribution is 2.14. The molecule has 19 heavy (non-hydrogen) atoms. The topological polar surface area (TPSA) is 54.0 Å². The Balaban J connectivity index is 1.88. The number of nitrogens with zero attached hydrogens (tertiary/aromatic N) is 1. The van der Waals surface area contributed by atoms with Crippen molar-refractivity contribution in [3.05, 3.63) is 46.2 Å². The van der Waals surface area contributed by atoms with Crippen LogP contribution in [0.15, 0.2) is 23.6 Å². The summed E-state index contributed by atoms with van der Waals surface area (Å²) in [7, 11) is 0. The molecule has 6 heteroatoms. The number of anilines is 1. The van der Waals surface area contributed by atoms with E-state index in [0.717, 1.165) is 5.69 Å². The van der Waals surface area contributed by atoms with Crippen molar-refractivity contribution >= 4 is 22.5 Å². The molecule has 0 saturated heterocycles. The predicted octanol–water partition coefficient (Wildman–Crippen LogP) is 3.22. The van der Waals surface area contributed by atoms with Gasteiger partial charge in [-0.3, -0.25) is 5.32 Å². The summed E-state index contributed by atoms with van der Waals surface area (Å²) in [5, 5.41) is 7.67. The minimum atomic E-state index is -0.352. The zero-order valence-corrected chi connectivity index (χ0v) is 11.5. The quantitative estimate of drug-likeness (QED) is 0.906. The number of aromatic nitrogens is 1. The van der Waals surface area contributed by atoms with Crippen LogP contribution in [0.25, 0.3) is 0 Å². The molecule has 2 rings (SSSR count). The zero-order valence-electron chi connectivity index (χ0n) is 10.7. The van der Waals surface area contributed by atoms with Crippen LogP contribution in [-0.4, -0.2) is 11.0 Å². The van der Waals surface area contributed by atoms with Gasteiger partial charge in [0, 0.05) is 11.9 Å². The van der Waals surface area contributed by atoms with Crippen LogP contribution >= 0.6 is 11.3 Å². The van der Waals surface area contributed by atoms with E-state index in [1.807, 2.05) is 12.3 Å². The highest BCUT2D eigenvalue weighted by molar-refractivity contribution is 7.13. The van der Waals surface area contributed by atoms with Gasteiger partial charge in [0.15, 0.2) is 5.13 Å². The lowest BCUT2D eigenvalue weighted by molar-refractivity contribution is 0.251. The van der Waals surface area contributed by atoms with Crippen LogP contribution in [0.3, 0.4) is 0 Å². The molecule has 0 aliphatic carbocycles. The molecule has 2 N–H and O–H groups in total. The van der Waals surface area contributed by atoms with Crippen molar-refractivity contribution in [2.24, 2.45) is 0 Å². The molecule has 0 aliphatic rings. The lowest BCUT2D eigenvalue weighted by atomic mass is 10.1. The van der Waals surface area contributed by atoms with Gasteiger partial charge in [-0.05, 0) is 31.0 Å². The average molecular weight is 279 g/mol. The van der Waals surface area contributed by atoms with E-state index in [-0.39, 0.29) is 18.4 Å². The maximum atomic E-state index is 13.3. The first-order chi connectivity index (χ1) is 9.04. The molecule has 0 saturated carbocycles. The van der Waals surface area contributed by atoms with E-state index >= 15 is 0 Å². The highest BCUT2D eigenvalue weighted by atomic mass is 32.1. The first kappa shape index (κ1) is 13.5. The summed E-state index contributed by atoms with van der Waals surface area (Å²) in [4.78, 5) is 15.7. The molecule has 0 fully saturated rings. The van der Waals surface area contributed by atoms with Crippen molar-refractivity contribution in [3.63, 3.8) is 0 Å². The summed E-state index contributed by atoms with van der Waals surface area (Å²) < 4.78 is 13.3. The van der Waals surface area contributed by atoms with Gasteiger partial charge in [-0.15, -0.1) is 11.3 Å². The van der Waals surface area contributed by atoms with Crippen molar-refractivity contribution in [3.8, 4) is 0 Å². The summed E-state index contributed by atoms with van der Waals surface area (Å²) >= 11 is 1.36. The Morgan fingerprint density at radius 1 is 1.42 bits per heavy atom. The van der Waals surface area contributed by atoms with E-state index in [1.54, 1.807) is 19.1 Å².